The van der Waals surface area contributed by atoms with Gasteiger partial charge in [-0.2, -0.15) is 10.1 Å². The number of nitrogens with zero attached hydrogens (tertiary/aromatic N) is 2. The number of amides is 2. The number of carbonyl (C=O) groups is 3. The normalized spacial score (nSPS) is 23.3. The van der Waals surface area contributed by atoms with E-state index in [0.717, 1.165) is 27.3 Å². The number of carboxylic acids is 1. The molecule has 0 N–H and O–H groups in total. The largest absolute Gasteiger partial charge is 0.545 e. The molecule has 2 amide bonds. The van der Waals surface area contributed by atoms with Crippen LogP contribution in [-0.2, 0) is 9.59 Å². The summed E-state index contributed by atoms with van der Waals surface area (Å²) in [5.74, 6) is -2.51. The van der Waals surface area contributed by atoms with Crippen LogP contribution in [0.5, 0.6) is 0 Å². The van der Waals surface area contributed by atoms with E-state index in [0.29, 0.717) is 17.1 Å². The third-order valence-corrected chi connectivity index (χ3v) is 7.74. The van der Waals surface area contributed by atoms with Gasteiger partial charge in [0.25, 0.3) is 11.8 Å². The molecule has 0 unspecified atom stereocenters. The van der Waals surface area contributed by atoms with E-state index in [9.17, 15) is 19.5 Å². The van der Waals surface area contributed by atoms with Crippen molar-refractivity contribution in [3.63, 3.8) is 0 Å². The van der Waals surface area contributed by atoms with Gasteiger partial charge in [0.1, 0.15) is 11.5 Å². The van der Waals surface area contributed by atoms with Gasteiger partial charge in [-0.05, 0) is 46.0 Å². The van der Waals surface area contributed by atoms with E-state index < -0.39 is 17.8 Å². The Labute approximate surface area is 211 Å². The minimum atomic E-state index is -1.28. The molecule has 37 heavy (non-hydrogen) atoms. The fourth-order valence-corrected chi connectivity index (χ4v) is 6.27. The van der Waals surface area contributed by atoms with Crippen LogP contribution in [0.25, 0.3) is 11.3 Å². The second-order valence-corrected chi connectivity index (χ2v) is 9.57. The maximum atomic E-state index is 13.6. The Morgan fingerprint density at radius 1 is 0.784 bits per heavy atom. The van der Waals surface area contributed by atoms with E-state index in [1.807, 2.05) is 24.3 Å². The summed E-state index contributed by atoms with van der Waals surface area (Å²) in [6, 6.07) is 25.7. The van der Waals surface area contributed by atoms with E-state index in [1.54, 1.807) is 24.3 Å². The molecule has 1 fully saturated rings. The van der Waals surface area contributed by atoms with Gasteiger partial charge in [0.15, 0.2) is 0 Å². The number of furan rings is 1. The van der Waals surface area contributed by atoms with Crippen molar-refractivity contribution < 1.29 is 23.9 Å². The van der Waals surface area contributed by atoms with E-state index in [2.05, 4.69) is 29.4 Å². The number of imide groups is 1. The molecule has 180 valence electrons. The van der Waals surface area contributed by atoms with Gasteiger partial charge in [0.2, 0.25) is 0 Å². The molecule has 3 aliphatic carbocycles. The second-order valence-electron chi connectivity index (χ2n) is 9.57. The molecule has 3 aromatic carbocycles. The molecular weight excluding hydrogens is 468 g/mol. The Bertz CT molecular complexity index is 1540. The molecule has 1 aromatic heterocycles. The van der Waals surface area contributed by atoms with Crippen LogP contribution in [0.4, 0.5) is 0 Å². The summed E-state index contributed by atoms with van der Waals surface area (Å²) in [6.45, 7) is 0. The summed E-state index contributed by atoms with van der Waals surface area (Å²) in [5, 5.41) is 16.4. The Balaban J connectivity index is 1.21. The molecule has 8 rings (SSSR count). The molecule has 1 aliphatic heterocycles. The van der Waals surface area contributed by atoms with Crippen LogP contribution in [0.2, 0.25) is 0 Å². The molecule has 0 spiro atoms. The first kappa shape index (κ1) is 21.5. The highest BCUT2D eigenvalue weighted by atomic mass is 16.4. The van der Waals surface area contributed by atoms with Crippen molar-refractivity contribution >= 4 is 24.0 Å². The molecule has 7 heteroatoms. The lowest BCUT2D eigenvalue weighted by atomic mass is 9.55. The third-order valence-electron chi connectivity index (χ3n) is 7.74. The monoisotopic (exact) mass is 487 g/mol. The lowest BCUT2D eigenvalue weighted by Crippen LogP contribution is -2.41. The van der Waals surface area contributed by atoms with E-state index in [1.165, 1.54) is 18.3 Å². The number of rotatable bonds is 4. The van der Waals surface area contributed by atoms with Crippen LogP contribution in [0.1, 0.15) is 50.2 Å². The zero-order valence-electron chi connectivity index (χ0n) is 19.4. The fourth-order valence-electron chi connectivity index (χ4n) is 6.27. The molecule has 0 saturated carbocycles. The predicted molar refractivity (Wildman–Crippen MR) is 131 cm³/mol. The van der Waals surface area contributed by atoms with Crippen LogP contribution in [0, 0.1) is 11.8 Å². The summed E-state index contributed by atoms with van der Waals surface area (Å²) in [4.78, 5) is 38.4. The SMILES string of the molecule is O=C([O-])c1cccc(-c2ccc(/C=N\N3C(=O)[C@@H]4C5c6ccccc6C(c6ccccc65)[C@@H]4C3=O)o2)c1. The van der Waals surface area contributed by atoms with Gasteiger partial charge in [-0.15, -0.1) is 0 Å². The van der Waals surface area contributed by atoms with Gasteiger partial charge in [-0.1, -0.05) is 66.7 Å². The summed E-state index contributed by atoms with van der Waals surface area (Å²) < 4.78 is 5.80. The van der Waals surface area contributed by atoms with Crippen molar-refractivity contribution in [2.24, 2.45) is 16.9 Å². The van der Waals surface area contributed by atoms with Crippen LogP contribution < -0.4 is 5.11 Å². The molecule has 2 bridgehead atoms. The smallest absolute Gasteiger partial charge is 0.254 e. The second kappa shape index (κ2) is 7.86. The van der Waals surface area contributed by atoms with Crippen molar-refractivity contribution in [1.82, 2.24) is 5.01 Å². The maximum Gasteiger partial charge on any atom is 0.254 e. The summed E-state index contributed by atoms with van der Waals surface area (Å²) in [7, 11) is 0. The minimum Gasteiger partial charge on any atom is -0.545 e. The van der Waals surface area contributed by atoms with Crippen LogP contribution in [0.3, 0.4) is 0 Å². The average Bonchev–Trinajstić information content (AvgIpc) is 3.50. The Hall–Kier alpha value is -4.78. The first-order valence-corrected chi connectivity index (χ1v) is 12.0. The topological polar surface area (TPSA) is 103 Å². The molecule has 7 nitrogen and oxygen atoms in total. The van der Waals surface area contributed by atoms with Crippen molar-refractivity contribution in [2.45, 2.75) is 11.8 Å². The zero-order chi connectivity index (χ0) is 25.3. The van der Waals surface area contributed by atoms with Crippen molar-refractivity contribution in [3.8, 4) is 11.3 Å². The highest BCUT2D eigenvalue weighted by Crippen LogP contribution is 2.60. The number of aromatic carboxylic acids is 1. The summed E-state index contributed by atoms with van der Waals surface area (Å²) >= 11 is 0. The standard InChI is InChI=1S/C30H20N2O5/c33-28-26-24-19-8-1-2-9-20(19)25(22-11-4-3-10-21(22)24)27(26)29(34)32(28)31-15-18-12-13-23(37-18)16-6-5-7-17(14-16)30(35)36/h1-15,24-27H,(H,35,36)/p-1/b31-15-/t24?,25?,26-,27+. The molecule has 4 aliphatic rings. The zero-order valence-corrected chi connectivity index (χ0v) is 19.4. The number of hydrogen-bond acceptors (Lipinski definition) is 6. The summed E-state index contributed by atoms with van der Waals surface area (Å²) in [5.41, 5.74) is 5.02. The van der Waals surface area contributed by atoms with Gasteiger partial charge in [0.05, 0.1) is 24.0 Å². The lowest BCUT2D eigenvalue weighted by molar-refractivity contribution is -0.255. The number of hydrazone groups is 1. The average molecular weight is 487 g/mol. The van der Waals surface area contributed by atoms with Gasteiger partial charge >= 0.3 is 0 Å². The lowest BCUT2D eigenvalue weighted by Gasteiger charge is -2.45. The van der Waals surface area contributed by atoms with Crippen molar-refractivity contribution in [1.29, 1.82) is 0 Å². The Morgan fingerprint density at radius 2 is 1.35 bits per heavy atom. The quantitative estimate of drug-likeness (QED) is 0.324. The van der Waals surface area contributed by atoms with Crippen LogP contribution >= 0.6 is 0 Å². The van der Waals surface area contributed by atoms with E-state index in [-0.39, 0.29) is 29.2 Å². The van der Waals surface area contributed by atoms with E-state index >= 15 is 0 Å². The molecule has 1 saturated heterocycles. The maximum absolute atomic E-state index is 13.6. The molecular formula is C30H19N2O5-. The van der Waals surface area contributed by atoms with Crippen LogP contribution in [-0.4, -0.2) is 29.0 Å². The number of carbonyl (C=O) groups excluding carboxylic acids is 3. The van der Waals surface area contributed by atoms with Gasteiger partial charge < -0.3 is 14.3 Å². The van der Waals surface area contributed by atoms with Crippen molar-refractivity contribution in [2.75, 3.05) is 0 Å². The first-order valence-electron chi connectivity index (χ1n) is 12.0. The summed E-state index contributed by atoms with van der Waals surface area (Å²) in [6.07, 6.45) is 1.35. The molecule has 0 radical (unpaired) electrons. The van der Waals surface area contributed by atoms with Crippen molar-refractivity contribution in [3.05, 3.63) is 119 Å². The molecule has 2 heterocycles. The van der Waals surface area contributed by atoms with E-state index in [4.69, 9.17) is 4.42 Å². The van der Waals surface area contributed by atoms with Gasteiger partial charge in [-0.3, -0.25) is 9.59 Å². The highest BCUT2D eigenvalue weighted by Gasteiger charge is 2.61. The molecule has 4 aromatic rings. The predicted octanol–water partition coefficient (Wildman–Crippen LogP) is 3.54. The number of carboxylic acid groups (broad SMARTS) is 1. The van der Waals surface area contributed by atoms with Crippen LogP contribution in [0.15, 0.2) is 94.4 Å². The molecule has 2 atom stereocenters. The van der Waals surface area contributed by atoms with Gasteiger partial charge in [0, 0.05) is 17.4 Å². The Morgan fingerprint density at radius 3 is 1.89 bits per heavy atom. The number of hydrogen-bond donors (Lipinski definition) is 0. The Kier molecular flexibility index (Phi) is 4.57. The fraction of sp³-hybridized carbons (Fsp3) is 0.133. The first-order chi connectivity index (χ1) is 18.0. The highest BCUT2D eigenvalue weighted by molar-refractivity contribution is 6.08. The number of benzene rings is 3. The third kappa shape index (κ3) is 3.07. The minimum absolute atomic E-state index is 0.0385. The van der Waals surface area contributed by atoms with Gasteiger partial charge in [-0.25, -0.2) is 0 Å².